The lowest BCUT2D eigenvalue weighted by atomic mass is 10.1. The van der Waals surface area contributed by atoms with Crippen LogP contribution >= 0.6 is 46.7 Å². The van der Waals surface area contributed by atoms with Crippen LogP contribution in [0.4, 0.5) is 22.7 Å². The lowest BCUT2D eigenvalue weighted by Gasteiger charge is -2.29. The minimum absolute atomic E-state index is 0.211. The van der Waals surface area contributed by atoms with Gasteiger partial charge in [0.15, 0.2) is 0 Å². The van der Waals surface area contributed by atoms with E-state index in [-0.39, 0.29) is 5.37 Å². The van der Waals surface area contributed by atoms with E-state index in [2.05, 4.69) is 138 Å². The molecule has 0 fully saturated rings. The predicted octanol–water partition coefficient (Wildman–Crippen LogP) is 12.1. The number of benzene rings is 4. The maximum Gasteiger partial charge on any atom is 0.0985 e. The predicted molar refractivity (Wildman–Crippen MR) is 201 cm³/mol. The zero-order valence-electron chi connectivity index (χ0n) is 25.9. The molecule has 46 heavy (non-hydrogen) atoms. The van der Waals surface area contributed by atoms with Gasteiger partial charge in [0, 0.05) is 44.3 Å². The average Bonchev–Trinajstić information content (AvgIpc) is 3.75. The molecule has 0 bridgehead atoms. The SMILES string of the molecule is CCN1C(=CC=C2CCC(C=CC3Sc4ccc(Cl)cc4N3CC)=C2N(c2ccccc2)c2ccccc2)Sc2ccc(Cl)cc21. The molecule has 0 saturated carbocycles. The van der Waals surface area contributed by atoms with Gasteiger partial charge in [0.25, 0.3) is 0 Å². The fourth-order valence-corrected chi connectivity index (χ4v) is 9.11. The van der Waals surface area contributed by atoms with E-state index in [1.165, 1.54) is 43.0 Å². The second-order valence-corrected chi connectivity index (χ2v) is 14.4. The Kier molecular flexibility index (Phi) is 9.28. The van der Waals surface area contributed by atoms with E-state index in [9.17, 15) is 0 Å². The number of anilines is 4. The van der Waals surface area contributed by atoms with E-state index in [0.717, 1.165) is 47.4 Å². The summed E-state index contributed by atoms with van der Waals surface area (Å²) < 4.78 is 0. The monoisotopic (exact) mass is 679 g/mol. The Labute approximate surface area is 290 Å². The summed E-state index contributed by atoms with van der Waals surface area (Å²) in [7, 11) is 0. The molecule has 4 aromatic rings. The third-order valence-corrected chi connectivity index (χ3v) is 11.4. The lowest BCUT2D eigenvalue weighted by Crippen LogP contribution is -2.27. The first-order valence-electron chi connectivity index (χ1n) is 15.7. The van der Waals surface area contributed by atoms with Crippen LogP contribution in [0.3, 0.4) is 0 Å². The summed E-state index contributed by atoms with van der Waals surface area (Å²) in [5.41, 5.74) is 8.61. The number of fused-ring (bicyclic) bond motifs is 2. The molecule has 3 nitrogen and oxygen atoms in total. The van der Waals surface area contributed by atoms with E-state index in [1.807, 2.05) is 35.7 Å². The van der Waals surface area contributed by atoms with E-state index < -0.39 is 0 Å². The van der Waals surface area contributed by atoms with E-state index in [1.54, 1.807) is 0 Å². The number of hydrogen-bond acceptors (Lipinski definition) is 5. The van der Waals surface area contributed by atoms with Gasteiger partial charge in [-0.2, -0.15) is 0 Å². The topological polar surface area (TPSA) is 9.72 Å². The summed E-state index contributed by atoms with van der Waals surface area (Å²) in [5.74, 6) is 0. The van der Waals surface area contributed by atoms with Gasteiger partial charge in [-0.05, 0) is 105 Å². The maximum absolute atomic E-state index is 6.40. The van der Waals surface area contributed by atoms with Crippen molar-refractivity contribution >= 4 is 69.5 Å². The fourth-order valence-electron chi connectivity index (χ4n) is 6.42. The normalized spacial score (nSPS) is 19.2. The maximum atomic E-state index is 6.40. The van der Waals surface area contributed by atoms with Crippen molar-refractivity contribution in [3.63, 3.8) is 0 Å². The Balaban J connectivity index is 1.31. The van der Waals surface area contributed by atoms with Crippen molar-refractivity contribution in [3.05, 3.63) is 153 Å². The highest BCUT2D eigenvalue weighted by Gasteiger charge is 2.30. The van der Waals surface area contributed by atoms with Crippen LogP contribution in [-0.2, 0) is 0 Å². The van der Waals surface area contributed by atoms with Crippen molar-refractivity contribution in [1.29, 1.82) is 0 Å². The Morgan fingerprint density at radius 1 is 0.761 bits per heavy atom. The number of halogens is 2. The first kappa shape index (κ1) is 31.1. The van der Waals surface area contributed by atoms with Crippen LogP contribution in [-0.4, -0.2) is 18.5 Å². The average molecular weight is 681 g/mol. The van der Waals surface area contributed by atoms with Gasteiger partial charge in [0.2, 0.25) is 0 Å². The minimum atomic E-state index is 0.211. The number of likely N-dealkylation sites (N-methyl/N-ethyl adjacent to an activating group) is 1. The van der Waals surface area contributed by atoms with Crippen molar-refractivity contribution in [2.24, 2.45) is 0 Å². The first-order valence-corrected chi connectivity index (χ1v) is 18.2. The molecule has 232 valence electrons. The summed E-state index contributed by atoms with van der Waals surface area (Å²) in [6.45, 7) is 6.21. The standard InChI is InChI=1S/C39H35Cl2N3S2/c1-3-42-33-25-29(40)19-21-35(33)45-37(42)23-17-27-15-16-28(18-24-38-43(4-2)34-26-30(41)20-22-36(34)46-38)39(27)44(31-11-7-5-8-12-31)32-13-9-6-10-14-32/h5-14,17-26,37H,3-4,15-16H2,1-2H3. The molecule has 3 aliphatic rings. The number of para-hydroxylation sites is 2. The number of hydrogen-bond donors (Lipinski definition) is 0. The number of rotatable bonds is 8. The smallest absolute Gasteiger partial charge is 0.0985 e. The number of nitrogens with zero attached hydrogens (tertiary/aromatic N) is 3. The molecule has 1 unspecified atom stereocenters. The first-order chi connectivity index (χ1) is 22.5. The second-order valence-electron chi connectivity index (χ2n) is 11.3. The molecule has 7 rings (SSSR count). The highest BCUT2D eigenvalue weighted by molar-refractivity contribution is 8.03. The van der Waals surface area contributed by atoms with Gasteiger partial charge in [-0.15, -0.1) is 0 Å². The molecule has 0 N–H and O–H groups in total. The highest BCUT2D eigenvalue weighted by Crippen LogP contribution is 2.48. The van der Waals surface area contributed by atoms with Crippen LogP contribution in [0.25, 0.3) is 0 Å². The fraction of sp³-hybridized carbons (Fsp3) is 0.179. The molecule has 1 atom stereocenters. The highest BCUT2D eigenvalue weighted by atomic mass is 35.5. The van der Waals surface area contributed by atoms with Crippen LogP contribution < -0.4 is 14.7 Å². The summed E-state index contributed by atoms with van der Waals surface area (Å²) in [5, 5.41) is 2.98. The summed E-state index contributed by atoms with van der Waals surface area (Å²) in [4.78, 5) is 9.74. The largest absolute Gasteiger partial charge is 0.355 e. The van der Waals surface area contributed by atoms with Crippen molar-refractivity contribution < 1.29 is 0 Å². The molecule has 7 heteroatoms. The minimum Gasteiger partial charge on any atom is -0.355 e. The molecule has 0 amide bonds. The van der Waals surface area contributed by atoms with Gasteiger partial charge < -0.3 is 14.7 Å². The summed E-state index contributed by atoms with van der Waals surface area (Å²) >= 11 is 16.5. The number of thioether (sulfide) groups is 2. The molecule has 4 aromatic carbocycles. The molecule has 0 aromatic heterocycles. The second kappa shape index (κ2) is 13.7. The van der Waals surface area contributed by atoms with E-state index in [0.29, 0.717) is 0 Å². The third-order valence-electron chi connectivity index (χ3n) is 8.55. The van der Waals surface area contributed by atoms with E-state index >= 15 is 0 Å². The van der Waals surface area contributed by atoms with Gasteiger partial charge in [-0.1, -0.05) is 101 Å². The van der Waals surface area contributed by atoms with Gasteiger partial charge in [-0.25, -0.2) is 0 Å². The van der Waals surface area contributed by atoms with Crippen LogP contribution in [0.15, 0.2) is 153 Å². The van der Waals surface area contributed by atoms with Gasteiger partial charge in [-0.3, -0.25) is 0 Å². The molecule has 0 radical (unpaired) electrons. The van der Waals surface area contributed by atoms with E-state index in [4.69, 9.17) is 23.2 Å². The zero-order chi connectivity index (χ0) is 31.6. The zero-order valence-corrected chi connectivity index (χ0v) is 29.0. The van der Waals surface area contributed by atoms with Crippen LogP contribution in [0, 0.1) is 0 Å². The Bertz CT molecular complexity index is 1830. The molecule has 1 aliphatic carbocycles. The number of allylic oxidation sites excluding steroid dienone is 5. The third kappa shape index (κ3) is 6.14. The van der Waals surface area contributed by atoms with Crippen LogP contribution in [0.2, 0.25) is 10.0 Å². The molecule has 0 spiro atoms. The van der Waals surface area contributed by atoms with Crippen LogP contribution in [0.5, 0.6) is 0 Å². The summed E-state index contributed by atoms with van der Waals surface area (Å²) in [6, 6.07) is 33.9. The van der Waals surface area contributed by atoms with Crippen LogP contribution in [0.1, 0.15) is 26.7 Å². The summed E-state index contributed by atoms with van der Waals surface area (Å²) in [6.07, 6.45) is 11.3. The quantitative estimate of drug-likeness (QED) is 0.183. The van der Waals surface area contributed by atoms with Gasteiger partial charge in [0.05, 0.1) is 27.5 Å². The molecule has 2 aliphatic heterocycles. The van der Waals surface area contributed by atoms with Gasteiger partial charge >= 0.3 is 0 Å². The molecule has 2 heterocycles. The van der Waals surface area contributed by atoms with Gasteiger partial charge in [0.1, 0.15) is 0 Å². The Hall–Kier alpha value is -3.48. The molecule has 0 saturated heterocycles. The van der Waals surface area contributed by atoms with Crippen molar-refractivity contribution in [2.75, 3.05) is 27.8 Å². The van der Waals surface area contributed by atoms with Crippen molar-refractivity contribution in [1.82, 2.24) is 0 Å². The Morgan fingerprint density at radius 2 is 1.41 bits per heavy atom. The van der Waals surface area contributed by atoms with Crippen molar-refractivity contribution in [2.45, 2.75) is 41.9 Å². The Morgan fingerprint density at radius 3 is 2.07 bits per heavy atom. The molecular formula is C39H35Cl2N3S2. The molecular weight excluding hydrogens is 645 g/mol. The van der Waals surface area contributed by atoms with Crippen molar-refractivity contribution in [3.8, 4) is 0 Å². The lowest BCUT2D eigenvalue weighted by molar-refractivity contribution is 0.876.